The minimum atomic E-state index is -0.793. The predicted molar refractivity (Wildman–Crippen MR) is 251 cm³/mol. The van der Waals surface area contributed by atoms with E-state index in [0.717, 1.165) is 89.9 Å². The first-order chi connectivity index (χ1) is 29.0. The van der Waals surface area contributed by atoms with Crippen LogP contribution in [0, 0.1) is 0 Å². The number of esters is 3. The number of unbranched alkanes of at least 4 members (excludes halogenated alkanes) is 20. The van der Waals surface area contributed by atoms with Crippen molar-refractivity contribution in [1.82, 2.24) is 0 Å². The van der Waals surface area contributed by atoms with E-state index in [1.54, 1.807) is 0 Å². The molecule has 1 unspecified atom stereocenters. The van der Waals surface area contributed by atoms with Crippen LogP contribution < -0.4 is 0 Å². The van der Waals surface area contributed by atoms with E-state index in [4.69, 9.17) is 14.2 Å². The first-order valence-corrected chi connectivity index (χ1v) is 24.4. The largest absolute Gasteiger partial charge is 0.462 e. The maximum Gasteiger partial charge on any atom is 0.306 e. The van der Waals surface area contributed by atoms with Crippen molar-refractivity contribution in [1.29, 1.82) is 0 Å². The Labute approximate surface area is 363 Å². The van der Waals surface area contributed by atoms with Crippen molar-refractivity contribution in [3.63, 3.8) is 0 Å². The molecule has 6 heteroatoms. The minimum Gasteiger partial charge on any atom is -0.462 e. The van der Waals surface area contributed by atoms with E-state index in [-0.39, 0.29) is 37.5 Å². The Kier molecular flexibility index (Phi) is 45.0. The van der Waals surface area contributed by atoms with Crippen molar-refractivity contribution >= 4 is 17.9 Å². The molecule has 0 radical (unpaired) electrons. The van der Waals surface area contributed by atoms with Crippen molar-refractivity contribution in [2.45, 2.75) is 232 Å². The molecular formula is C53H90O6. The van der Waals surface area contributed by atoms with Gasteiger partial charge in [0, 0.05) is 19.3 Å². The summed E-state index contributed by atoms with van der Waals surface area (Å²) >= 11 is 0. The average molecular weight is 823 g/mol. The molecule has 0 fully saturated rings. The van der Waals surface area contributed by atoms with E-state index < -0.39 is 6.10 Å². The van der Waals surface area contributed by atoms with E-state index >= 15 is 0 Å². The van der Waals surface area contributed by atoms with Gasteiger partial charge in [-0.1, -0.05) is 196 Å². The summed E-state index contributed by atoms with van der Waals surface area (Å²) in [5.74, 6) is -0.940. The third-order valence-corrected chi connectivity index (χ3v) is 10.2. The van der Waals surface area contributed by atoms with Gasteiger partial charge in [-0.25, -0.2) is 0 Å². The normalized spacial score (nSPS) is 12.7. The fourth-order valence-electron chi connectivity index (χ4n) is 6.59. The quantitative estimate of drug-likeness (QED) is 0.0264. The summed E-state index contributed by atoms with van der Waals surface area (Å²) in [6.45, 7) is 6.35. The van der Waals surface area contributed by atoms with Gasteiger partial charge in [0.15, 0.2) is 6.10 Å². The Morgan fingerprint density at radius 1 is 0.356 bits per heavy atom. The molecule has 0 saturated heterocycles. The second kappa shape index (κ2) is 47.5. The van der Waals surface area contributed by atoms with Gasteiger partial charge < -0.3 is 14.2 Å². The Balaban J connectivity index is 4.35. The number of hydrogen-bond acceptors (Lipinski definition) is 6. The van der Waals surface area contributed by atoms with Crippen LogP contribution in [0.2, 0.25) is 0 Å². The molecule has 0 rings (SSSR count). The molecule has 0 aliphatic rings. The van der Waals surface area contributed by atoms with E-state index in [1.165, 1.54) is 89.9 Å². The molecule has 0 spiro atoms. The van der Waals surface area contributed by atoms with Crippen molar-refractivity contribution in [2.75, 3.05) is 13.2 Å². The number of rotatable bonds is 43. The number of ether oxygens (including phenoxy) is 3. The third kappa shape index (κ3) is 45.8. The maximum absolute atomic E-state index is 12.7. The summed E-state index contributed by atoms with van der Waals surface area (Å²) in [7, 11) is 0. The topological polar surface area (TPSA) is 78.9 Å². The van der Waals surface area contributed by atoms with Crippen LogP contribution in [0.15, 0.2) is 72.9 Å². The average Bonchev–Trinajstić information content (AvgIpc) is 3.23. The highest BCUT2D eigenvalue weighted by Crippen LogP contribution is 2.14. The van der Waals surface area contributed by atoms with Gasteiger partial charge in [-0.15, -0.1) is 0 Å². The lowest BCUT2D eigenvalue weighted by Crippen LogP contribution is -2.30. The highest BCUT2D eigenvalue weighted by molar-refractivity contribution is 5.71. The smallest absolute Gasteiger partial charge is 0.306 e. The van der Waals surface area contributed by atoms with Gasteiger partial charge in [-0.2, -0.15) is 0 Å². The van der Waals surface area contributed by atoms with E-state index in [1.807, 2.05) is 0 Å². The molecule has 0 amide bonds. The zero-order chi connectivity index (χ0) is 43.0. The lowest BCUT2D eigenvalue weighted by molar-refractivity contribution is -0.167. The number of allylic oxidation sites excluding steroid dienone is 12. The standard InChI is InChI=1S/C53H90O6/c1-4-7-10-13-16-19-22-24-25-26-27-28-29-30-32-34-37-40-43-46-52(55)58-49-50(48-57-51(54)45-42-39-36-33-21-18-15-12-9-6-3)59-53(56)47-44-41-38-35-31-23-20-17-14-11-8-5-2/h7-8,10-11,16-17,19-20,24-25,31,35,50H,4-6,9,12-15,18,21-23,26-30,32-34,36-49H2,1-3H3/b10-7-,11-8-,19-16-,20-17-,25-24-,35-31-. The molecule has 0 heterocycles. The zero-order valence-electron chi connectivity index (χ0n) is 38.5. The summed E-state index contributed by atoms with van der Waals surface area (Å²) in [4.78, 5) is 37.8. The Bertz CT molecular complexity index is 1130. The van der Waals surface area contributed by atoms with E-state index in [9.17, 15) is 14.4 Å². The lowest BCUT2D eigenvalue weighted by Gasteiger charge is -2.18. The summed E-state index contributed by atoms with van der Waals surface area (Å²) in [5.41, 5.74) is 0. The van der Waals surface area contributed by atoms with Gasteiger partial charge in [0.1, 0.15) is 13.2 Å². The molecule has 0 bridgehead atoms. The fourth-order valence-corrected chi connectivity index (χ4v) is 6.59. The lowest BCUT2D eigenvalue weighted by atomic mass is 10.1. The summed E-state index contributed by atoms with van der Waals surface area (Å²) < 4.78 is 16.7. The van der Waals surface area contributed by atoms with Crippen LogP contribution in [0.1, 0.15) is 226 Å². The molecule has 0 aliphatic carbocycles. The van der Waals surface area contributed by atoms with Crippen LogP contribution in [-0.4, -0.2) is 37.2 Å². The van der Waals surface area contributed by atoms with Crippen LogP contribution in [0.5, 0.6) is 0 Å². The van der Waals surface area contributed by atoms with Crippen LogP contribution in [0.25, 0.3) is 0 Å². The first-order valence-electron chi connectivity index (χ1n) is 24.4. The highest BCUT2D eigenvalue weighted by Gasteiger charge is 2.19. The molecule has 6 nitrogen and oxygen atoms in total. The van der Waals surface area contributed by atoms with Gasteiger partial charge in [-0.05, 0) is 83.5 Å². The van der Waals surface area contributed by atoms with Crippen molar-refractivity contribution in [2.24, 2.45) is 0 Å². The summed E-state index contributed by atoms with van der Waals surface area (Å²) in [6, 6.07) is 0. The molecule has 0 aromatic heterocycles. The van der Waals surface area contributed by atoms with E-state index in [2.05, 4.69) is 93.7 Å². The maximum atomic E-state index is 12.7. The van der Waals surface area contributed by atoms with Crippen LogP contribution in [0.4, 0.5) is 0 Å². The van der Waals surface area contributed by atoms with Crippen LogP contribution >= 0.6 is 0 Å². The van der Waals surface area contributed by atoms with Crippen LogP contribution in [0.3, 0.4) is 0 Å². The Morgan fingerprint density at radius 2 is 0.661 bits per heavy atom. The summed E-state index contributed by atoms with van der Waals surface area (Å²) in [5, 5.41) is 0. The number of hydrogen-bond donors (Lipinski definition) is 0. The second-order valence-electron chi connectivity index (χ2n) is 16.0. The van der Waals surface area contributed by atoms with Gasteiger partial charge >= 0.3 is 17.9 Å². The van der Waals surface area contributed by atoms with Crippen molar-refractivity contribution < 1.29 is 28.6 Å². The van der Waals surface area contributed by atoms with Crippen molar-refractivity contribution in [3.8, 4) is 0 Å². The molecule has 59 heavy (non-hydrogen) atoms. The van der Waals surface area contributed by atoms with Crippen molar-refractivity contribution in [3.05, 3.63) is 72.9 Å². The molecular weight excluding hydrogens is 733 g/mol. The molecule has 0 aromatic carbocycles. The van der Waals surface area contributed by atoms with Gasteiger partial charge in [0.2, 0.25) is 0 Å². The summed E-state index contributed by atoms with van der Waals surface area (Å²) in [6.07, 6.45) is 58.9. The third-order valence-electron chi connectivity index (χ3n) is 10.2. The zero-order valence-corrected chi connectivity index (χ0v) is 38.5. The predicted octanol–water partition coefficient (Wildman–Crippen LogP) is 15.9. The molecule has 0 saturated carbocycles. The van der Waals surface area contributed by atoms with E-state index in [0.29, 0.717) is 19.3 Å². The highest BCUT2D eigenvalue weighted by atomic mass is 16.6. The minimum absolute atomic E-state index is 0.0914. The monoisotopic (exact) mass is 823 g/mol. The SMILES string of the molecule is CC/C=C\C/C=C\C/C=C\CCCCCCCCCCCC(=O)OCC(COC(=O)CCCCCCCCCCCC)OC(=O)CCCC/C=C\C/C=C\C/C=C\CC. The number of carbonyl (C=O) groups excluding carboxylic acids is 3. The fraction of sp³-hybridized carbons (Fsp3) is 0.717. The molecule has 0 aliphatic heterocycles. The van der Waals surface area contributed by atoms with Gasteiger partial charge in [-0.3, -0.25) is 14.4 Å². The molecule has 0 aromatic rings. The van der Waals surface area contributed by atoms with Crippen LogP contribution in [-0.2, 0) is 28.6 Å². The molecule has 338 valence electrons. The molecule has 0 N–H and O–H groups in total. The molecule has 1 atom stereocenters. The Hall–Kier alpha value is -3.15. The van der Waals surface area contributed by atoms with Gasteiger partial charge in [0.05, 0.1) is 0 Å². The Morgan fingerprint density at radius 3 is 1.07 bits per heavy atom. The first kappa shape index (κ1) is 55.9. The number of carbonyl (C=O) groups is 3. The second-order valence-corrected chi connectivity index (χ2v) is 16.0. The van der Waals surface area contributed by atoms with Gasteiger partial charge in [0.25, 0.3) is 0 Å².